The van der Waals surface area contributed by atoms with Crippen LogP contribution < -0.4 is 11.2 Å². The Morgan fingerprint density at radius 1 is 1.22 bits per heavy atom. The lowest BCUT2D eigenvalue weighted by molar-refractivity contribution is 0.171. The Morgan fingerprint density at radius 2 is 1.96 bits per heavy atom. The van der Waals surface area contributed by atoms with Crippen LogP contribution in [0.2, 0.25) is 0 Å². The highest BCUT2D eigenvalue weighted by Crippen LogP contribution is 2.19. The third-order valence-electron chi connectivity index (χ3n) is 4.85. The molecule has 2 aromatic rings. The lowest BCUT2D eigenvalue weighted by Crippen LogP contribution is -2.37. The first-order valence-corrected chi connectivity index (χ1v) is 8.31. The number of hydrogen-bond donors (Lipinski definition) is 0. The second kappa shape index (κ2) is 5.96. The van der Waals surface area contributed by atoms with Gasteiger partial charge in [0.2, 0.25) is 0 Å². The summed E-state index contributed by atoms with van der Waals surface area (Å²) in [5.41, 5.74) is 0.411. The summed E-state index contributed by atoms with van der Waals surface area (Å²) in [6, 6.07) is 0. The fourth-order valence-electron chi connectivity index (χ4n) is 3.58. The summed E-state index contributed by atoms with van der Waals surface area (Å²) in [6.45, 7) is 7.80. The van der Waals surface area contributed by atoms with Crippen LogP contribution in [0.25, 0.3) is 11.2 Å². The predicted octanol–water partition coefficient (Wildman–Crippen LogP) is 0.686. The fraction of sp³-hybridized carbons (Fsp3) is 0.688. The summed E-state index contributed by atoms with van der Waals surface area (Å²) in [4.78, 5) is 31.7. The monoisotopic (exact) mass is 319 g/mol. The van der Waals surface area contributed by atoms with Crippen molar-refractivity contribution in [3.8, 4) is 0 Å². The van der Waals surface area contributed by atoms with E-state index in [1.165, 1.54) is 24.5 Å². The van der Waals surface area contributed by atoms with Crippen LogP contribution in [0.15, 0.2) is 9.59 Å². The normalized spacial score (nSPS) is 19.6. The molecule has 0 bridgehead atoms. The van der Waals surface area contributed by atoms with E-state index in [2.05, 4.69) is 16.8 Å². The number of piperidine rings is 1. The van der Waals surface area contributed by atoms with Crippen LogP contribution in [0, 0.1) is 5.92 Å². The Morgan fingerprint density at radius 3 is 2.61 bits per heavy atom. The molecule has 0 saturated carbocycles. The summed E-state index contributed by atoms with van der Waals surface area (Å²) in [5.74, 6) is 1.57. The number of fused-ring (bicyclic) bond motifs is 1. The van der Waals surface area contributed by atoms with Gasteiger partial charge in [0.05, 0.1) is 6.54 Å². The van der Waals surface area contributed by atoms with Crippen molar-refractivity contribution < 1.29 is 0 Å². The third-order valence-corrected chi connectivity index (χ3v) is 4.85. The zero-order chi connectivity index (χ0) is 16.7. The van der Waals surface area contributed by atoms with Gasteiger partial charge in [0, 0.05) is 27.2 Å². The van der Waals surface area contributed by atoms with E-state index in [1.54, 1.807) is 7.05 Å². The van der Waals surface area contributed by atoms with Gasteiger partial charge in [0.25, 0.3) is 5.56 Å². The first-order valence-electron chi connectivity index (χ1n) is 8.31. The molecule has 0 unspecified atom stereocenters. The molecule has 1 atom stereocenters. The fourth-order valence-corrected chi connectivity index (χ4v) is 3.58. The lowest BCUT2D eigenvalue weighted by atomic mass is 10.0. The summed E-state index contributed by atoms with van der Waals surface area (Å²) >= 11 is 0. The van der Waals surface area contributed by atoms with Gasteiger partial charge in [-0.25, -0.2) is 9.78 Å². The zero-order valence-electron chi connectivity index (χ0n) is 14.4. The van der Waals surface area contributed by atoms with Gasteiger partial charge in [0.1, 0.15) is 5.82 Å². The Bertz CT molecular complexity index is 845. The highest BCUT2D eigenvalue weighted by atomic mass is 16.2. The third kappa shape index (κ3) is 2.63. The molecule has 0 aromatic carbocycles. The first kappa shape index (κ1) is 16.0. The molecule has 7 heteroatoms. The largest absolute Gasteiger partial charge is 0.332 e. The standard InChI is InChI=1S/C16H25N5O2/c1-5-21-12(10-20-8-6-7-11(2)9-20)17-14-13(21)15(22)19(4)16(23)18(14)3/h11H,5-10H2,1-4H3/t11-/m0/s1. The maximum Gasteiger partial charge on any atom is 0.332 e. The Hall–Kier alpha value is -1.89. The lowest BCUT2D eigenvalue weighted by Gasteiger charge is -2.30. The molecule has 0 spiro atoms. The van der Waals surface area contributed by atoms with Crippen molar-refractivity contribution in [3.05, 3.63) is 26.7 Å². The van der Waals surface area contributed by atoms with Gasteiger partial charge < -0.3 is 4.57 Å². The van der Waals surface area contributed by atoms with Crippen LogP contribution in [0.1, 0.15) is 32.5 Å². The second-order valence-electron chi connectivity index (χ2n) is 6.63. The minimum Gasteiger partial charge on any atom is -0.321 e. The number of aromatic nitrogens is 4. The van der Waals surface area contributed by atoms with Gasteiger partial charge >= 0.3 is 5.69 Å². The number of hydrogen-bond acceptors (Lipinski definition) is 4. The van der Waals surface area contributed by atoms with E-state index in [1.807, 2.05) is 11.5 Å². The van der Waals surface area contributed by atoms with Gasteiger partial charge in [0.15, 0.2) is 11.2 Å². The van der Waals surface area contributed by atoms with Gasteiger partial charge in [-0.2, -0.15) is 0 Å². The van der Waals surface area contributed by atoms with E-state index in [0.29, 0.717) is 23.6 Å². The Labute approximate surface area is 135 Å². The number of likely N-dealkylation sites (tertiary alicyclic amines) is 1. The molecule has 126 valence electrons. The molecule has 23 heavy (non-hydrogen) atoms. The Kier molecular flexibility index (Phi) is 4.14. The molecule has 0 amide bonds. The van der Waals surface area contributed by atoms with Crippen molar-refractivity contribution in [2.24, 2.45) is 20.0 Å². The minimum atomic E-state index is -0.332. The average Bonchev–Trinajstić information content (AvgIpc) is 2.89. The number of rotatable bonds is 3. The van der Waals surface area contributed by atoms with Crippen LogP contribution in [0.5, 0.6) is 0 Å². The quantitative estimate of drug-likeness (QED) is 0.835. The Balaban J connectivity index is 2.11. The van der Waals surface area contributed by atoms with Gasteiger partial charge in [-0.15, -0.1) is 0 Å². The maximum atomic E-state index is 12.5. The number of aryl methyl sites for hydroxylation is 2. The first-order chi connectivity index (χ1) is 10.9. The molecule has 1 fully saturated rings. The van der Waals surface area contributed by atoms with Crippen molar-refractivity contribution in [1.82, 2.24) is 23.6 Å². The minimum absolute atomic E-state index is 0.268. The summed E-state index contributed by atoms with van der Waals surface area (Å²) < 4.78 is 4.57. The average molecular weight is 319 g/mol. The summed E-state index contributed by atoms with van der Waals surface area (Å²) in [5, 5.41) is 0. The summed E-state index contributed by atoms with van der Waals surface area (Å²) in [7, 11) is 3.19. The maximum absolute atomic E-state index is 12.5. The van der Waals surface area contributed by atoms with Crippen molar-refractivity contribution in [3.63, 3.8) is 0 Å². The molecule has 0 N–H and O–H groups in total. The zero-order valence-corrected chi connectivity index (χ0v) is 14.4. The molecule has 1 aliphatic heterocycles. The van der Waals surface area contributed by atoms with E-state index in [4.69, 9.17) is 0 Å². The molecule has 7 nitrogen and oxygen atoms in total. The number of nitrogens with zero attached hydrogens (tertiary/aromatic N) is 5. The van der Waals surface area contributed by atoms with Crippen molar-refractivity contribution in [2.45, 2.75) is 39.8 Å². The molecule has 3 rings (SSSR count). The highest BCUT2D eigenvalue weighted by Gasteiger charge is 2.22. The van der Waals surface area contributed by atoms with Crippen LogP contribution in [-0.2, 0) is 27.2 Å². The second-order valence-corrected chi connectivity index (χ2v) is 6.63. The van der Waals surface area contributed by atoms with Crippen molar-refractivity contribution >= 4 is 11.2 Å². The van der Waals surface area contributed by atoms with Gasteiger partial charge in [-0.3, -0.25) is 18.8 Å². The SMILES string of the molecule is CCn1c(CN2CCC[C@H](C)C2)nc2c1c(=O)n(C)c(=O)n2C. The number of imidazole rings is 1. The molecule has 3 heterocycles. The van der Waals surface area contributed by atoms with Gasteiger partial charge in [-0.05, 0) is 32.2 Å². The molecule has 0 aliphatic carbocycles. The molecular formula is C16H25N5O2. The van der Waals surface area contributed by atoms with Crippen LogP contribution in [-0.4, -0.2) is 36.7 Å². The topological polar surface area (TPSA) is 65.1 Å². The van der Waals surface area contributed by atoms with Crippen molar-refractivity contribution in [2.75, 3.05) is 13.1 Å². The molecule has 1 saturated heterocycles. The highest BCUT2D eigenvalue weighted by molar-refractivity contribution is 5.71. The smallest absolute Gasteiger partial charge is 0.321 e. The van der Waals surface area contributed by atoms with Crippen LogP contribution >= 0.6 is 0 Å². The van der Waals surface area contributed by atoms with Crippen molar-refractivity contribution in [1.29, 1.82) is 0 Å². The molecule has 0 radical (unpaired) electrons. The van der Waals surface area contributed by atoms with E-state index in [-0.39, 0.29) is 11.2 Å². The van der Waals surface area contributed by atoms with Crippen LogP contribution in [0.3, 0.4) is 0 Å². The predicted molar refractivity (Wildman–Crippen MR) is 89.6 cm³/mol. The summed E-state index contributed by atoms with van der Waals surface area (Å²) in [6.07, 6.45) is 2.48. The van der Waals surface area contributed by atoms with Gasteiger partial charge in [-0.1, -0.05) is 6.92 Å². The molecular weight excluding hydrogens is 294 g/mol. The van der Waals surface area contributed by atoms with E-state index in [9.17, 15) is 9.59 Å². The van der Waals surface area contributed by atoms with E-state index in [0.717, 1.165) is 30.0 Å². The molecule has 1 aliphatic rings. The van der Waals surface area contributed by atoms with E-state index >= 15 is 0 Å². The molecule has 2 aromatic heterocycles. The van der Waals surface area contributed by atoms with Crippen LogP contribution in [0.4, 0.5) is 0 Å². The van der Waals surface area contributed by atoms with E-state index < -0.39 is 0 Å².